The number of ether oxygens (including phenoxy) is 1. The standard InChI is InChI=1S/C16H23F2NO2/c1-12-3-2-8-16(9-12,11-20)19-10-13-4-6-14(7-5-13)21-15(17)18/h4-7,12,15,19-20H,2-3,8-11H2,1H3. The van der Waals surface area contributed by atoms with Crippen molar-refractivity contribution in [2.45, 2.75) is 51.3 Å². The summed E-state index contributed by atoms with van der Waals surface area (Å²) in [6.07, 6.45) is 4.27. The monoisotopic (exact) mass is 299 g/mol. The third-order valence-electron chi connectivity index (χ3n) is 4.21. The highest BCUT2D eigenvalue weighted by atomic mass is 19.3. The largest absolute Gasteiger partial charge is 0.435 e. The normalized spacial score (nSPS) is 26.0. The van der Waals surface area contributed by atoms with Gasteiger partial charge in [-0.25, -0.2) is 0 Å². The van der Waals surface area contributed by atoms with Crippen LogP contribution < -0.4 is 10.1 Å². The van der Waals surface area contributed by atoms with Gasteiger partial charge in [-0.2, -0.15) is 8.78 Å². The average molecular weight is 299 g/mol. The Morgan fingerprint density at radius 3 is 2.67 bits per heavy atom. The number of nitrogens with one attached hydrogen (secondary N) is 1. The molecule has 1 fully saturated rings. The van der Waals surface area contributed by atoms with Gasteiger partial charge < -0.3 is 15.2 Å². The van der Waals surface area contributed by atoms with Crippen molar-refractivity contribution in [3.05, 3.63) is 29.8 Å². The second-order valence-electron chi connectivity index (χ2n) is 6.02. The van der Waals surface area contributed by atoms with Gasteiger partial charge in [0.05, 0.1) is 6.61 Å². The topological polar surface area (TPSA) is 41.5 Å². The van der Waals surface area contributed by atoms with Crippen molar-refractivity contribution >= 4 is 0 Å². The van der Waals surface area contributed by atoms with Crippen molar-refractivity contribution in [1.29, 1.82) is 0 Å². The average Bonchev–Trinajstić information content (AvgIpc) is 2.46. The number of benzene rings is 1. The van der Waals surface area contributed by atoms with Crippen molar-refractivity contribution in [3.8, 4) is 5.75 Å². The Morgan fingerprint density at radius 1 is 1.38 bits per heavy atom. The van der Waals surface area contributed by atoms with Crippen LogP contribution in [0.1, 0.15) is 38.2 Å². The summed E-state index contributed by atoms with van der Waals surface area (Å²) in [5.74, 6) is 0.775. The first-order valence-corrected chi connectivity index (χ1v) is 7.43. The zero-order chi connectivity index (χ0) is 15.3. The SMILES string of the molecule is CC1CCCC(CO)(NCc2ccc(OC(F)F)cc2)C1. The van der Waals surface area contributed by atoms with Crippen molar-refractivity contribution in [1.82, 2.24) is 5.32 Å². The maximum Gasteiger partial charge on any atom is 0.387 e. The van der Waals surface area contributed by atoms with Crippen LogP contribution in [0.5, 0.6) is 5.75 Å². The minimum Gasteiger partial charge on any atom is -0.435 e. The summed E-state index contributed by atoms with van der Waals surface area (Å²) in [6.45, 7) is 0.156. The maximum absolute atomic E-state index is 12.1. The molecule has 1 aromatic rings. The van der Waals surface area contributed by atoms with Crippen molar-refractivity contribution in [2.24, 2.45) is 5.92 Å². The minimum atomic E-state index is -2.80. The zero-order valence-electron chi connectivity index (χ0n) is 12.3. The summed E-state index contributed by atoms with van der Waals surface area (Å²) in [5, 5.41) is 13.2. The molecule has 2 unspecified atom stereocenters. The molecule has 118 valence electrons. The van der Waals surface area contributed by atoms with E-state index in [2.05, 4.69) is 17.0 Å². The van der Waals surface area contributed by atoms with E-state index in [1.165, 1.54) is 18.6 Å². The molecule has 3 nitrogen and oxygen atoms in total. The molecule has 0 spiro atoms. The molecule has 1 aliphatic carbocycles. The van der Waals surface area contributed by atoms with E-state index in [4.69, 9.17) is 0 Å². The Hall–Kier alpha value is -1.20. The zero-order valence-corrected chi connectivity index (χ0v) is 12.3. The molecule has 0 saturated heterocycles. The van der Waals surface area contributed by atoms with Crippen molar-refractivity contribution < 1.29 is 18.6 Å². The second-order valence-corrected chi connectivity index (χ2v) is 6.02. The second kappa shape index (κ2) is 7.18. The summed E-state index contributed by atoms with van der Waals surface area (Å²) in [4.78, 5) is 0. The molecule has 5 heteroatoms. The Kier molecular flexibility index (Phi) is 5.53. The summed E-state index contributed by atoms with van der Waals surface area (Å²) >= 11 is 0. The van der Waals surface area contributed by atoms with E-state index in [1.807, 2.05) is 0 Å². The quantitative estimate of drug-likeness (QED) is 0.846. The molecule has 0 amide bonds. The van der Waals surface area contributed by atoms with Crippen molar-refractivity contribution in [3.63, 3.8) is 0 Å². The van der Waals surface area contributed by atoms with Gasteiger partial charge in [0.25, 0.3) is 0 Å². The van der Waals surface area contributed by atoms with Crippen LogP contribution in [0.4, 0.5) is 8.78 Å². The lowest BCUT2D eigenvalue weighted by Gasteiger charge is -2.39. The maximum atomic E-state index is 12.1. The molecule has 1 saturated carbocycles. The lowest BCUT2D eigenvalue weighted by Crippen LogP contribution is -2.51. The Labute approximate surface area is 124 Å². The van der Waals surface area contributed by atoms with Gasteiger partial charge in [-0.3, -0.25) is 0 Å². The number of aliphatic hydroxyl groups is 1. The molecule has 21 heavy (non-hydrogen) atoms. The van der Waals surface area contributed by atoms with Crippen LogP contribution in [0.2, 0.25) is 0 Å². The molecule has 0 bridgehead atoms. The van der Waals surface area contributed by atoms with Crippen LogP contribution in [0.25, 0.3) is 0 Å². The van der Waals surface area contributed by atoms with Gasteiger partial charge in [-0.1, -0.05) is 31.9 Å². The molecule has 0 radical (unpaired) electrons. The Bertz CT molecular complexity index is 438. The van der Waals surface area contributed by atoms with Gasteiger partial charge in [0.1, 0.15) is 5.75 Å². The molecule has 2 rings (SSSR count). The molecule has 0 heterocycles. The fourth-order valence-electron chi connectivity index (χ4n) is 3.10. The van der Waals surface area contributed by atoms with Gasteiger partial charge >= 0.3 is 6.61 Å². The molecule has 2 atom stereocenters. The predicted octanol–water partition coefficient (Wildman–Crippen LogP) is 3.32. The highest BCUT2D eigenvalue weighted by Crippen LogP contribution is 2.32. The van der Waals surface area contributed by atoms with Crippen LogP contribution in [-0.4, -0.2) is 23.9 Å². The number of halogens is 2. The number of hydrogen-bond acceptors (Lipinski definition) is 3. The van der Waals surface area contributed by atoms with Gasteiger partial charge in [-0.15, -0.1) is 0 Å². The number of hydrogen-bond donors (Lipinski definition) is 2. The van der Waals surface area contributed by atoms with Gasteiger partial charge in [0.2, 0.25) is 0 Å². The third-order valence-corrected chi connectivity index (χ3v) is 4.21. The number of alkyl halides is 2. The van der Waals surface area contributed by atoms with E-state index < -0.39 is 6.61 Å². The number of aliphatic hydroxyl groups excluding tert-OH is 1. The van der Waals surface area contributed by atoms with Crippen LogP contribution >= 0.6 is 0 Å². The first-order valence-electron chi connectivity index (χ1n) is 7.43. The van der Waals surface area contributed by atoms with Gasteiger partial charge in [0, 0.05) is 12.1 Å². The molecule has 2 N–H and O–H groups in total. The first kappa shape index (κ1) is 16.2. The predicted molar refractivity (Wildman–Crippen MR) is 77.4 cm³/mol. The van der Waals surface area contributed by atoms with E-state index >= 15 is 0 Å². The molecular weight excluding hydrogens is 276 g/mol. The van der Waals surface area contributed by atoms with E-state index in [0.29, 0.717) is 12.5 Å². The van der Waals surface area contributed by atoms with Gasteiger partial charge in [-0.05, 0) is 36.5 Å². The smallest absolute Gasteiger partial charge is 0.387 e. The van der Waals surface area contributed by atoms with Crippen LogP contribution in [0, 0.1) is 5.92 Å². The summed E-state index contributed by atoms with van der Waals surface area (Å²) in [7, 11) is 0. The minimum absolute atomic E-state index is 0.129. The Balaban J connectivity index is 1.92. The van der Waals surface area contributed by atoms with Crippen LogP contribution in [0.15, 0.2) is 24.3 Å². The van der Waals surface area contributed by atoms with E-state index in [1.54, 1.807) is 12.1 Å². The third kappa shape index (κ3) is 4.64. The number of rotatable bonds is 6. The molecular formula is C16H23F2NO2. The fourth-order valence-corrected chi connectivity index (χ4v) is 3.10. The first-order chi connectivity index (χ1) is 10.0. The lowest BCUT2D eigenvalue weighted by molar-refractivity contribution is -0.0498. The Morgan fingerprint density at radius 2 is 2.10 bits per heavy atom. The van der Waals surface area contributed by atoms with Gasteiger partial charge in [0.15, 0.2) is 0 Å². The van der Waals surface area contributed by atoms with E-state index in [9.17, 15) is 13.9 Å². The fraction of sp³-hybridized carbons (Fsp3) is 0.625. The molecule has 0 aliphatic heterocycles. The molecule has 1 aliphatic rings. The summed E-state index contributed by atoms with van der Waals surface area (Å²) in [5.41, 5.74) is 0.776. The highest BCUT2D eigenvalue weighted by molar-refractivity contribution is 5.27. The highest BCUT2D eigenvalue weighted by Gasteiger charge is 2.33. The van der Waals surface area contributed by atoms with Crippen LogP contribution in [-0.2, 0) is 6.54 Å². The molecule has 0 aromatic heterocycles. The van der Waals surface area contributed by atoms with E-state index in [-0.39, 0.29) is 17.9 Å². The van der Waals surface area contributed by atoms with Crippen LogP contribution in [0.3, 0.4) is 0 Å². The molecule has 1 aromatic carbocycles. The lowest BCUT2D eigenvalue weighted by atomic mass is 9.77. The van der Waals surface area contributed by atoms with Crippen molar-refractivity contribution in [2.75, 3.05) is 6.61 Å². The van der Waals surface area contributed by atoms with E-state index in [0.717, 1.165) is 24.8 Å². The summed E-state index contributed by atoms with van der Waals surface area (Å²) in [6, 6.07) is 6.61. The summed E-state index contributed by atoms with van der Waals surface area (Å²) < 4.78 is 28.5.